The number of carboxylic acid groups (broad SMARTS) is 1. The van der Waals surface area contributed by atoms with Gasteiger partial charge in [0.1, 0.15) is 5.56 Å². The van der Waals surface area contributed by atoms with E-state index in [0.29, 0.717) is 16.0 Å². The Kier molecular flexibility index (Phi) is 5.46. The monoisotopic (exact) mass is 496 g/mol. The summed E-state index contributed by atoms with van der Waals surface area (Å²) < 4.78 is 35.1. The molecule has 34 heavy (non-hydrogen) atoms. The van der Waals surface area contributed by atoms with Crippen molar-refractivity contribution in [2.24, 2.45) is 0 Å². The lowest BCUT2D eigenvalue weighted by atomic mass is 10.0. The Balaban J connectivity index is 1.68. The molecule has 0 aliphatic heterocycles. The second kappa shape index (κ2) is 8.47. The second-order valence-electron chi connectivity index (χ2n) is 7.33. The molecule has 0 saturated carbocycles. The van der Waals surface area contributed by atoms with E-state index < -0.39 is 23.5 Å². The zero-order valence-electron chi connectivity index (χ0n) is 17.4. The number of nitrogens with zero attached hydrogens (tertiary/aromatic N) is 1. The number of anilines is 1. The third-order valence-electron chi connectivity index (χ3n) is 5.15. The maximum atomic E-state index is 14.8. The number of fused-ring (bicyclic) bond motifs is 1. The largest absolute Gasteiger partial charge is 0.478 e. The van der Waals surface area contributed by atoms with Crippen LogP contribution in [0.3, 0.4) is 0 Å². The first kappa shape index (κ1) is 21.9. The number of furan rings is 1. The Morgan fingerprint density at radius 3 is 2.53 bits per heavy atom. The summed E-state index contributed by atoms with van der Waals surface area (Å²) in [4.78, 5) is 30.0. The van der Waals surface area contributed by atoms with Gasteiger partial charge in [-0.1, -0.05) is 24.3 Å². The summed E-state index contributed by atoms with van der Waals surface area (Å²) >= 11 is 2.07. The lowest BCUT2D eigenvalue weighted by Crippen LogP contribution is -2.14. The fourth-order valence-electron chi connectivity index (χ4n) is 3.50. The van der Waals surface area contributed by atoms with Crippen molar-refractivity contribution in [3.8, 4) is 20.9 Å². The number of benzene rings is 2. The number of aromatic nitrogens is 1. The maximum absolute atomic E-state index is 14.8. The average Bonchev–Trinajstić information content (AvgIpc) is 3.55. The SMILES string of the molecule is Cc1ccc(-c2sc(-c3ccoc3)c(NC(=O)c3nc4ccccc4s3)c2C(=O)O)c(F)c1F. The number of thiophene rings is 1. The molecule has 2 aromatic carbocycles. The molecule has 3 heterocycles. The van der Waals surface area contributed by atoms with E-state index >= 15 is 0 Å². The molecule has 2 N–H and O–H groups in total. The van der Waals surface area contributed by atoms with E-state index in [0.717, 1.165) is 27.4 Å². The summed E-state index contributed by atoms with van der Waals surface area (Å²) in [5.41, 5.74) is 0.599. The number of carbonyl (C=O) groups is 2. The Bertz CT molecular complexity index is 1540. The van der Waals surface area contributed by atoms with Crippen LogP contribution in [0.4, 0.5) is 14.5 Å². The highest BCUT2D eigenvalue weighted by atomic mass is 32.1. The zero-order valence-corrected chi connectivity index (χ0v) is 19.0. The smallest absolute Gasteiger partial charge is 0.339 e. The normalized spacial score (nSPS) is 11.1. The fourth-order valence-corrected chi connectivity index (χ4v) is 5.61. The number of carbonyl (C=O) groups excluding carboxylic acids is 1. The van der Waals surface area contributed by atoms with Crippen LogP contribution in [0.25, 0.3) is 31.1 Å². The van der Waals surface area contributed by atoms with Gasteiger partial charge in [0.15, 0.2) is 16.6 Å². The van der Waals surface area contributed by atoms with Gasteiger partial charge in [-0.15, -0.1) is 22.7 Å². The first-order valence-electron chi connectivity index (χ1n) is 9.89. The molecule has 0 spiro atoms. The Labute approximate surface area is 199 Å². The van der Waals surface area contributed by atoms with Crippen LogP contribution in [0.2, 0.25) is 0 Å². The van der Waals surface area contributed by atoms with Crippen LogP contribution in [-0.4, -0.2) is 22.0 Å². The Morgan fingerprint density at radius 1 is 1.03 bits per heavy atom. The molecular weight excluding hydrogens is 482 g/mol. The van der Waals surface area contributed by atoms with Crippen molar-refractivity contribution in [3.63, 3.8) is 0 Å². The maximum Gasteiger partial charge on any atom is 0.339 e. The van der Waals surface area contributed by atoms with Gasteiger partial charge in [0, 0.05) is 11.1 Å². The number of aryl methyl sites for hydroxylation is 1. The highest BCUT2D eigenvalue weighted by molar-refractivity contribution is 7.21. The number of rotatable bonds is 5. The molecule has 170 valence electrons. The van der Waals surface area contributed by atoms with Crippen molar-refractivity contribution >= 4 is 50.5 Å². The van der Waals surface area contributed by atoms with E-state index in [4.69, 9.17) is 4.42 Å². The van der Waals surface area contributed by atoms with Gasteiger partial charge >= 0.3 is 5.97 Å². The minimum absolute atomic E-state index is 0.0281. The highest BCUT2D eigenvalue weighted by Crippen LogP contribution is 2.47. The minimum atomic E-state index is -1.40. The molecule has 0 radical (unpaired) electrons. The van der Waals surface area contributed by atoms with Crippen molar-refractivity contribution in [1.82, 2.24) is 4.98 Å². The summed E-state index contributed by atoms with van der Waals surface area (Å²) in [6, 6.07) is 11.5. The van der Waals surface area contributed by atoms with Gasteiger partial charge in [0.05, 0.1) is 38.2 Å². The van der Waals surface area contributed by atoms with Crippen molar-refractivity contribution < 1.29 is 27.9 Å². The number of thiazole rings is 1. The number of para-hydroxylation sites is 1. The number of halogens is 2. The highest BCUT2D eigenvalue weighted by Gasteiger charge is 2.30. The van der Waals surface area contributed by atoms with Crippen molar-refractivity contribution in [1.29, 1.82) is 0 Å². The van der Waals surface area contributed by atoms with Gasteiger partial charge in [0.2, 0.25) is 0 Å². The van der Waals surface area contributed by atoms with E-state index in [1.54, 1.807) is 18.2 Å². The van der Waals surface area contributed by atoms with Crippen molar-refractivity contribution in [2.75, 3.05) is 5.32 Å². The molecule has 0 aliphatic carbocycles. The van der Waals surface area contributed by atoms with E-state index in [1.165, 1.54) is 31.6 Å². The molecule has 0 saturated heterocycles. The number of amides is 1. The summed E-state index contributed by atoms with van der Waals surface area (Å²) in [6.07, 6.45) is 2.76. The fraction of sp³-hybridized carbons (Fsp3) is 0.0417. The van der Waals surface area contributed by atoms with Gasteiger partial charge in [-0.25, -0.2) is 18.6 Å². The molecule has 5 rings (SSSR count). The van der Waals surface area contributed by atoms with Crippen LogP contribution in [0.15, 0.2) is 59.4 Å². The molecule has 0 unspecified atom stereocenters. The lowest BCUT2D eigenvalue weighted by Gasteiger charge is -2.08. The first-order valence-corrected chi connectivity index (χ1v) is 11.5. The minimum Gasteiger partial charge on any atom is -0.478 e. The molecule has 5 aromatic rings. The van der Waals surface area contributed by atoms with Crippen LogP contribution in [0.1, 0.15) is 25.7 Å². The third-order valence-corrected chi connectivity index (χ3v) is 7.46. The van der Waals surface area contributed by atoms with Gasteiger partial charge in [0.25, 0.3) is 5.91 Å². The van der Waals surface area contributed by atoms with Gasteiger partial charge in [-0.2, -0.15) is 0 Å². The van der Waals surface area contributed by atoms with E-state index in [1.807, 2.05) is 12.1 Å². The van der Waals surface area contributed by atoms with Gasteiger partial charge in [-0.3, -0.25) is 4.79 Å². The summed E-state index contributed by atoms with van der Waals surface area (Å²) in [6.45, 7) is 1.41. The summed E-state index contributed by atoms with van der Waals surface area (Å²) in [5.74, 6) is -4.24. The second-order valence-corrected chi connectivity index (χ2v) is 9.38. The molecule has 1 amide bonds. The molecular formula is C24H14F2N2O4S2. The quantitative estimate of drug-likeness (QED) is 0.278. The number of aromatic carboxylic acids is 1. The topological polar surface area (TPSA) is 92.4 Å². The van der Waals surface area contributed by atoms with Crippen LogP contribution in [-0.2, 0) is 0 Å². The average molecular weight is 497 g/mol. The Morgan fingerprint density at radius 2 is 1.82 bits per heavy atom. The van der Waals surface area contributed by atoms with Gasteiger partial charge in [-0.05, 0) is 30.7 Å². The predicted molar refractivity (Wildman–Crippen MR) is 127 cm³/mol. The van der Waals surface area contributed by atoms with E-state index in [9.17, 15) is 23.5 Å². The summed E-state index contributed by atoms with van der Waals surface area (Å²) in [7, 11) is 0. The zero-order chi connectivity index (χ0) is 24.0. The molecule has 0 atom stereocenters. The molecule has 0 fully saturated rings. The first-order chi connectivity index (χ1) is 16.3. The third kappa shape index (κ3) is 3.66. The van der Waals surface area contributed by atoms with Crippen molar-refractivity contribution in [3.05, 3.63) is 82.8 Å². The molecule has 0 aliphatic rings. The molecule has 10 heteroatoms. The van der Waals surface area contributed by atoms with Crippen LogP contribution < -0.4 is 5.32 Å². The van der Waals surface area contributed by atoms with Crippen molar-refractivity contribution in [2.45, 2.75) is 6.92 Å². The Hall–Kier alpha value is -3.89. The summed E-state index contributed by atoms with van der Waals surface area (Å²) in [5, 5.41) is 12.8. The number of hydrogen-bond donors (Lipinski definition) is 2. The number of nitrogens with one attached hydrogen (secondary N) is 1. The van der Waals surface area contributed by atoms with Gasteiger partial charge < -0.3 is 14.8 Å². The van der Waals surface area contributed by atoms with Crippen LogP contribution in [0, 0.1) is 18.6 Å². The van der Waals surface area contributed by atoms with E-state index in [-0.39, 0.29) is 32.3 Å². The van der Waals surface area contributed by atoms with Crippen LogP contribution in [0.5, 0.6) is 0 Å². The molecule has 0 bridgehead atoms. The number of hydrogen-bond acceptors (Lipinski definition) is 6. The van der Waals surface area contributed by atoms with E-state index in [2.05, 4.69) is 10.3 Å². The number of carboxylic acids is 1. The molecule has 3 aromatic heterocycles. The van der Waals surface area contributed by atoms with Crippen LogP contribution >= 0.6 is 22.7 Å². The lowest BCUT2D eigenvalue weighted by molar-refractivity contribution is 0.0699. The standard InChI is InChI=1S/C24H14F2N2O4S2/c1-11-6-7-13(18(26)17(11)25)21-16(24(30)31)19(20(34-21)12-8-9-32-10-12)28-22(29)23-27-14-4-2-3-5-15(14)33-23/h2-10H,1H3,(H,28,29)(H,30,31). The molecule has 6 nitrogen and oxygen atoms in total. The predicted octanol–water partition coefficient (Wildman–Crippen LogP) is 6.82.